The number of nitrogens with zero attached hydrogens (tertiary/aromatic N) is 1. The van der Waals surface area contributed by atoms with Crippen molar-refractivity contribution in [1.82, 2.24) is 10.2 Å². The lowest BCUT2D eigenvalue weighted by molar-refractivity contribution is -0.136. The summed E-state index contributed by atoms with van der Waals surface area (Å²) in [6, 6.07) is 0.598. The standard InChI is InChI=1S/C13H22N2O/c1-9-6-14-7-12(9)13(16)15(11-4-5-11)8-10-2-3-10/h9-12,14H,2-8H2,1H3/t9-,12-/m1/s1. The molecule has 0 radical (unpaired) electrons. The van der Waals surface area contributed by atoms with Gasteiger partial charge in [0, 0.05) is 19.1 Å². The van der Waals surface area contributed by atoms with Crippen molar-refractivity contribution in [2.45, 2.75) is 38.6 Å². The number of nitrogens with one attached hydrogen (secondary N) is 1. The van der Waals surface area contributed by atoms with Crippen molar-refractivity contribution in [1.29, 1.82) is 0 Å². The Morgan fingerprint density at radius 3 is 2.50 bits per heavy atom. The van der Waals surface area contributed by atoms with Crippen LogP contribution >= 0.6 is 0 Å². The van der Waals surface area contributed by atoms with Crippen LogP contribution in [-0.4, -0.2) is 36.5 Å². The predicted octanol–water partition coefficient (Wildman–Crippen LogP) is 1.24. The highest BCUT2D eigenvalue weighted by molar-refractivity contribution is 5.80. The Bertz CT molecular complexity index is 284. The van der Waals surface area contributed by atoms with Gasteiger partial charge in [-0.25, -0.2) is 0 Å². The summed E-state index contributed by atoms with van der Waals surface area (Å²) in [4.78, 5) is 14.7. The van der Waals surface area contributed by atoms with E-state index in [1.807, 2.05) is 0 Å². The fourth-order valence-corrected chi connectivity index (χ4v) is 2.74. The van der Waals surface area contributed by atoms with E-state index < -0.39 is 0 Å². The summed E-state index contributed by atoms with van der Waals surface area (Å²) >= 11 is 0. The van der Waals surface area contributed by atoms with Crippen LogP contribution in [0.4, 0.5) is 0 Å². The third-order valence-corrected chi connectivity index (χ3v) is 4.26. The maximum absolute atomic E-state index is 12.5. The first-order valence-corrected chi connectivity index (χ1v) is 6.77. The molecule has 3 heteroatoms. The molecule has 2 saturated carbocycles. The molecule has 0 aromatic heterocycles. The number of carbonyl (C=O) groups is 1. The van der Waals surface area contributed by atoms with E-state index in [1.165, 1.54) is 25.7 Å². The molecule has 3 fully saturated rings. The van der Waals surface area contributed by atoms with Crippen LogP contribution in [0.2, 0.25) is 0 Å². The minimum atomic E-state index is 0.249. The van der Waals surface area contributed by atoms with Gasteiger partial charge in [0.1, 0.15) is 0 Å². The average Bonchev–Trinajstić information content (AvgIpc) is 3.14. The van der Waals surface area contributed by atoms with Gasteiger partial charge in [-0.05, 0) is 44.1 Å². The van der Waals surface area contributed by atoms with Crippen LogP contribution in [0, 0.1) is 17.8 Å². The fraction of sp³-hybridized carbons (Fsp3) is 0.923. The highest BCUT2D eigenvalue weighted by atomic mass is 16.2. The van der Waals surface area contributed by atoms with E-state index in [-0.39, 0.29) is 5.92 Å². The van der Waals surface area contributed by atoms with Gasteiger partial charge >= 0.3 is 0 Å². The zero-order valence-corrected chi connectivity index (χ0v) is 10.1. The third kappa shape index (κ3) is 2.10. The summed E-state index contributed by atoms with van der Waals surface area (Å²) in [5, 5.41) is 3.34. The van der Waals surface area contributed by atoms with Crippen LogP contribution in [-0.2, 0) is 4.79 Å². The normalized spacial score (nSPS) is 34.1. The Hall–Kier alpha value is -0.570. The minimum Gasteiger partial charge on any atom is -0.339 e. The molecule has 3 aliphatic rings. The molecule has 90 valence electrons. The topological polar surface area (TPSA) is 32.3 Å². The Morgan fingerprint density at radius 1 is 1.25 bits per heavy atom. The van der Waals surface area contributed by atoms with Gasteiger partial charge in [-0.15, -0.1) is 0 Å². The molecule has 0 bridgehead atoms. The second-order valence-corrected chi connectivity index (χ2v) is 5.91. The molecule has 0 aromatic carbocycles. The molecule has 3 nitrogen and oxygen atoms in total. The summed E-state index contributed by atoms with van der Waals surface area (Å²) in [5.74, 6) is 2.04. The van der Waals surface area contributed by atoms with Gasteiger partial charge < -0.3 is 10.2 Å². The van der Waals surface area contributed by atoms with Crippen LogP contribution in [0.25, 0.3) is 0 Å². The zero-order valence-electron chi connectivity index (χ0n) is 10.1. The van der Waals surface area contributed by atoms with Crippen molar-refractivity contribution in [3.8, 4) is 0 Å². The molecule has 2 atom stereocenters. The van der Waals surface area contributed by atoms with E-state index in [0.29, 0.717) is 17.9 Å². The van der Waals surface area contributed by atoms with E-state index in [0.717, 1.165) is 25.6 Å². The van der Waals surface area contributed by atoms with Crippen molar-refractivity contribution < 1.29 is 4.79 Å². The molecule has 0 aromatic rings. The Balaban J connectivity index is 1.64. The Labute approximate surface area is 97.6 Å². The van der Waals surface area contributed by atoms with Crippen molar-refractivity contribution in [2.24, 2.45) is 17.8 Å². The van der Waals surface area contributed by atoms with Crippen molar-refractivity contribution in [3.05, 3.63) is 0 Å². The SMILES string of the molecule is C[C@@H]1CNC[C@H]1C(=O)N(CC1CC1)C1CC1. The molecular weight excluding hydrogens is 200 g/mol. The second-order valence-electron chi connectivity index (χ2n) is 5.91. The van der Waals surface area contributed by atoms with E-state index in [1.54, 1.807) is 0 Å². The summed E-state index contributed by atoms with van der Waals surface area (Å²) in [6.45, 7) is 5.16. The number of amides is 1. The van der Waals surface area contributed by atoms with Gasteiger partial charge in [-0.3, -0.25) is 4.79 Å². The van der Waals surface area contributed by atoms with Crippen LogP contribution in [0.1, 0.15) is 32.6 Å². The highest BCUT2D eigenvalue weighted by Crippen LogP contribution is 2.36. The summed E-state index contributed by atoms with van der Waals surface area (Å²) in [7, 11) is 0. The number of hydrogen-bond acceptors (Lipinski definition) is 2. The van der Waals surface area contributed by atoms with Gasteiger partial charge in [-0.2, -0.15) is 0 Å². The lowest BCUT2D eigenvalue weighted by atomic mass is 9.96. The first-order chi connectivity index (χ1) is 7.75. The van der Waals surface area contributed by atoms with Crippen molar-refractivity contribution >= 4 is 5.91 Å². The van der Waals surface area contributed by atoms with Gasteiger partial charge in [0.2, 0.25) is 5.91 Å². The maximum Gasteiger partial charge on any atom is 0.227 e. The Kier molecular flexibility index (Phi) is 2.66. The maximum atomic E-state index is 12.5. The molecule has 1 saturated heterocycles. The van der Waals surface area contributed by atoms with Crippen LogP contribution in [0.3, 0.4) is 0 Å². The molecule has 1 N–H and O–H groups in total. The molecule has 0 unspecified atom stereocenters. The smallest absolute Gasteiger partial charge is 0.227 e. The minimum absolute atomic E-state index is 0.249. The zero-order chi connectivity index (χ0) is 11.1. The predicted molar refractivity (Wildman–Crippen MR) is 63.0 cm³/mol. The van der Waals surface area contributed by atoms with Gasteiger partial charge in [0.25, 0.3) is 0 Å². The summed E-state index contributed by atoms with van der Waals surface area (Å²) in [6.07, 6.45) is 5.17. The monoisotopic (exact) mass is 222 g/mol. The molecule has 1 amide bonds. The molecule has 1 heterocycles. The largest absolute Gasteiger partial charge is 0.339 e. The van der Waals surface area contributed by atoms with Gasteiger partial charge in [0.15, 0.2) is 0 Å². The van der Waals surface area contributed by atoms with Crippen molar-refractivity contribution in [2.75, 3.05) is 19.6 Å². The summed E-state index contributed by atoms with van der Waals surface area (Å²) in [5.41, 5.74) is 0. The lowest BCUT2D eigenvalue weighted by Crippen LogP contribution is -2.41. The van der Waals surface area contributed by atoms with E-state index in [2.05, 4.69) is 17.1 Å². The molecule has 16 heavy (non-hydrogen) atoms. The third-order valence-electron chi connectivity index (χ3n) is 4.26. The first kappa shape index (κ1) is 10.6. The van der Waals surface area contributed by atoms with Crippen molar-refractivity contribution in [3.63, 3.8) is 0 Å². The van der Waals surface area contributed by atoms with E-state index >= 15 is 0 Å². The Morgan fingerprint density at radius 2 is 2.00 bits per heavy atom. The van der Waals surface area contributed by atoms with E-state index in [4.69, 9.17) is 0 Å². The second kappa shape index (κ2) is 4.02. The molecule has 2 aliphatic carbocycles. The quantitative estimate of drug-likeness (QED) is 0.776. The molecule has 1 aliphatic heterocycles. The number of rotatable bonds is 4. The van der Waals surface area contributed by atoms with E-state index in [9.17, 15) is 4.79 Å². The average molecular weight is 222 g/mol. The highest BCUT2D eigenvalue weighted by Gasteiger charge is 2.41. The lowest BCUT2D eigenvalue weighted by Gasteiger charge is -2.27. The summed E-state index contributed by atoms with van der Waals surface area (Å²) < 4.78 is 0. The first-order valence-electron chi connectivity index (χ1n) is 6.77. The van der Waals surface area contributed by atoms with Crippen LogP contribution in [0.15, 0.2) is 0 Å². The van der Waals surface area contributed by atoms with Crippen LogP contribution < -0.4 is 5.32 Å². The molecule has 3 rings (SSSR count). The van der Waals surface area contributed by atoms with Gasteiger partial charge in [-0.1, -0.05) is 6.92 Å². The van der Waals surface area contributed by atoms with Gasteiger partial charge in [0.05, 0.1) is 5.92 Å². The molecular formula is C13H22N2O. The number of hydrogen-bond donors (Lipinski definition) is 1. The fourth-order valence-electron chi connectivity index (χ4n) is 2.74. The number of carbonyl (C=O) groups excluding carboxylic acids is 1. The van der Waals surface area contributed by atoms with Crippen LogP contribution in [0.5, 0.6) is 0 Å². The molecule has 0 spiro atoms.